The average molecular weight is 414 g/mol. The Kier molecular flexibility index (Phi) is 6.37. The first-order chi connectivity index (χ1) is 14.2. The van der Waals surface area contributed by atoms with Gasteiger partial charge in [-0.05, 0) is 65.5 Å². The van der Waals surface area contributed by atoms with Crippen LogP contribution in [-0.2, 0) is 0 Å². The molecule has 0 spiro atoms. The van der Waals surface area contributed by atoms with Gasteiger partial charge in [0.2, 0.25) is 0 Å². The second-order valence-electron chi connectivity index (χ2n) is 10.1. The van der Waals surface area contributed by atoms with Gasteiger partial charge in [0.25, 0.3) is 0 Å². The number of rotatable bonds is 6. The van der Waals surface area contributed by atoms with Gasteiger partial charge in [0.05, 0.1) is 14.2 Å². The van der Waals surface area contributed by atoms with Crippen LogP contribution in [0.25, 0.3) is 10.4 Å². The molecule has 30 heavy (non-hydrogen) atoms. The van der Waals surface area contributed by atoms with E-state index in [1.807, 2.05) is 12.1 Å². The molecule has 2 fully saturated rings. The minimum absolute atomic E-state index is 0.0819. The normalized spacial score (nSPS) is 32.5. The zero-order valence-corrected chi connectivity index (χ0v) is 19.1. The molecule has 0 amide bonds. The molecule has 3 rings (SSSR count). The number of benzene rings is 1. The lowest BCUT2D eigenvalue weighted by molar-refractivity contribution is -0.0997. The van der Waals surface area contributed by atoms with Crippen molar-refractivity contribution in [2.24, 2.45) is 39.6 Å². The van der Waals surface area contributed by atoms with Gasteiger partial charge in [-0.25, -0.2) is 0 Å². The highest BCUT2D eigenvalue weighted by Gasteiger charge is 2.58. The van der Waals surface area contributed by atoms with E-state index in [0.717, 1.165) is 19.3 Å². The first kappa shape index (κ1) is 22.5. The maximum absolute atomic E-state index is 14.0. The van der Waals surface area contributed by atoms with Crippen LogP contribution >= 0.6 is 0 Å². The maximum Gasteiger partial charge on any atom is 0.167 e. The fourth-order valence-electron chi connectivity index (χ4n) is 6.57. The predicted octanol–water partition coefficient (Wildman–Crippen LogP) is 6.30. The zero-order valence-electron chi connectivity index (χ0n) is 19.1. The van der Waals surface area contributed by atoms with Gasteiger partial charge in [-0.3, -0.25) is 4.79 Å². The highest BCUT2D eigenvalue weighted by atomic mass is 16.5. The Hall–Kier alpha value is -2.20. The molecule has 2 aliphatic carbocycles. The lowest BCUT2D eigenvalue weighted by Crippen LogP contribution is -2.56. The topological polar surface area (TPSA) is 84.3 Å². The molecule has 1 unspecified atom stereocenters. The van der Waals surface area contributed by atoms with E-state index >= 15 is 0 Å². The number of ketones is 1. The Balaban J connectivity index is 2.08. The van der Waals surface area contributed by atoms with Crippen LogP contribution in [-0.4, -0.2) is 26.5 Å². The summed E-state index contributed by atoms with van der Waals surface area (Å²) in [6.07, 6.45) is 4.37. The van der Waals surface area contributed by atoms with Gasteiger partial charge in [-0.2, -0.15) is 0 Å². The molecule has 1 aromatic carbocycles. The summed E-state index contributed by atoms with van der Waals surface area (Å²) in [5, 5.41) is 3.90. The molecule has 6 heteroatoms. The van der Waals surface area contributed by atoms with Crippen molar-refractivity contribution in [2.75, 3.05) is 20.8 Å². The molecule has 2 aliphatic rings. The van der Waals surface area contributed by atoms with E-state index in [2.05, 4.69) is 37.7 Å². The van der Waals surface area contributed by atoms with Crippen LogP contribution in [0.1, 0.15) is 63.7 Å². The number of carbonyl (C=O) groups is 1. The summed E-state index contributed by atoms with van der Waals surface area (Å²) in [5.41, 5.74) is 9.61. The third-order valence-electron chi connectivity index (χ3n) is 8.09. The fraction of sp³-hybridized carbons (Fsp3) is 0.708. The molecular formula is C24H35N3O3. The van der Waals surface area contributed by atoms with Crippen LogP contribution in [0, 0.1) is 34.5 Å². The van der Waals surface area contributed by atoms with Crippen molar-refractivity contribution in [3.05, 3.63) is 34.2 Å². The van der Waals surface area contributed by atoms with Crippen molar-refractivity contribution in [2.45, 2.75) is 53.4 Å². The van der Waals surface area contributed by atoms with Crippen LogP contribution in [0.3, 0.4) is 0 Å². The molecular weight excluding hydrogens is 378 g/mol. The van der Waals surface area contributed by atoms with Crippen LogP contribution in [0.5, 0.6) is 11.5 Å². The summed E-state index contributed by atoms with van der Waals surface area (Å²) < 4.78 is 10.8. The minimum atomic E-state index is -0.133. The van der Waals surface area contributed by atoms with Crippen molar-refractivity contribution in [1.29, 1.82) is 0 Å². The third-order valence-corrected chi connectivity index (χ3v) is 8.09. The van der Waals surface area contributed by atoms with Gasteiger partial charge in [0.15, 0.2) is 5.78 Å². The van der Waals surface area contributed by atoms with Gasteiger partial charge in [-0.1, -0.05) is 39.2 Å². The fourth-order valence-corrected chi connectivity index (χ4v) is 6.57. The number of hydrogen-bond acceptors (Lipinski definition) is 4. The molecule has 2 saturated carbocycles. The lowest BCUT2D eigenvalue weighted by Gasteiger charge is -2.60. The molecule has 1 aromatic rings. The van der Waals surface area contributed by atoms with Crippen molar-refractivity contribution in [3.8, 4) is 11.5 Å². The molecule has 164 valence electrons. The Labute approximate surface area is 180 Å². The second kappa shape index (κ2) is 8.50. The average Bonchev–Trinajstić information content (AvgIpc) is 2.71. The maximum atomic E-state index is 14.0. The Morgan fingerprint density at radius 2 is 1.80 bits per heavy atom. The highest BCUT2D eigenvalue weighted by molar-refractivity contribution is 5.99. The zero-order chi connectivity index (χ0) is 22.1. The molecule has 0 aromatic heterocycles. The molecule has 0 radical (unpaired) electrons. The molecule has 0 aliphatic heterocycles. The first-order valence-corrected chi connectivity index (χ1v) is 11.0. The number of methoxy groups -OCH3 is 2. The van der Waals surface area contributed by atoms with E-state index in [0.29, 0.717) is 29.5 Å². The largest absolute Gasteiger partial charge is 0.497 e. The molecule has 0 saturated heterocycles. The quantitative estimate of drug-likeness (QED) is 0.237. The van der Waals surface area contributed by atoms with Crippen molar-refractivity contribution < 1.29 is 14.3 Å². The number of Topliss-reactive ketones (excluding diaryl/α,β-unsaturated/α-hetero) is 1. The monoisotopic (exact) mass is 413 g/mol. The van der Waals surface area contributed by atoms with E-state index in [1.165, 1.54) is 6.42 Å². The summed E-state index contributed by atoms with van der Waals surface area (Å²) >= 11 is 0. The van der Waals surface area contributed by atoms with Crippen LogP contribution < -0.4 is 9.47 Å². The summed E-state index contributed by atoms with van der Waals surface area (Å²) in [5.74, 6) is 2.01. The number of hydrogen-bond donors (Lipinski definition) is 0. The van der Waals surface area contributed by atoms with Crippen LogP contribution in [0.2, 0.25) is 0 Å². The van der Waals surface area contributed by atoms with E-state index in [-0.39, 0.29) is 34.4 Å². The van der Waals surface area contributed by atoms with E-state index < -0.39 is 0 Å². The Morgan fingerprint density at radius 1 is 1.17 bits per heavy atom. The van der Waals surface area contributed by atoms with Gasteiger partial charge < -0.3 is 9.47 Å². The first-order valence-electron chi connectivity index (χ1n) is 11.0. The van der Waals surface area contributed by atoms with Gasteiger partial charge >= 0.3 is 0 Å². The van der Waals surface area contributed by atoms with Crippen molar-refractivity contribution >= 4 is 5.78 Å². The number of fused-ring (bicyclic) bond motifs is 1. The summed E-state index contributed by atoms with van der Waals surface area (Å²) in [4.78, 5) is 17.0. The Morgan fingerprint density at radius 3 is 2.37 bits per heavy atom. The van der Waals surface area contributed by atoms with Gasteiger partial charge in [-0.15, -0.1) is 0 Å². The number of nitrogens with zero attached hydrogens (tertiary/aromatic N) is 3. The molecule has 6 nitrogen and oxygen atoms in total. The van der Waals surface area contributed by atoms with Crippen LogP contribution in [0.4, 0.5) is 0 Å². The Bertz CT molecular complexity index is 824. The van der Waals surface area contributed by atoms with Crippen molar-refractivity contribution in [3.63, 3.8) is 0 Å². The number of carbonyl (C=O) groups excluding carboxylic acids is 1. The predicted molar refractivity (Wildman–Crippen MR) is 118 cm³/mol. The minimum Gasteiger partial charge on any atom is -0.497 e. The summed E-state index contributed by atoms with van der Waals surface area (Å²) in [7, 11) is 3.20. The molecule has 0 N–H and O–H groups in total. The second-order valence-corrected chi connectivity index (χ2v) is 10.1. The number of ether oxygens (including phenoxy) is 2. The van der Waals surface area contributed by atoms with Crippen molar-refractivity contribution in [1.82, 2.24) is 0 Å². The van der Waals surface area contributed by atoms with Crippen LogP contribution in [0.15, 0.2) is 23.3 Å². The standard InChI is InChI=1S/C24H35N3O3/c1-15-17(14-26-27-25)12-20-23(2,3)8-7-9-24(20,4)21(15)22(28)16-10-18(29-5)13-19(11-16)30-6/h10-11,13,15,17,20-21H,7-9,12,14H2,1-6H3/t15-,17?,20+,21-,24+/m1/s1. The SMILES string of the molecule is COc1cc(OC)cc(C(=O)[C@H]2[C@H](C)C(CN=[N+]=[N-])C[C@H]3C(C)(C)CCC[C@]23C)c1. The third kappa shape index (κ3) is 3.90. The smallest absolute Gasteiger partial charge is 0.167 e. The van der Waals surface area contributed by atoms with E-state index in [1.54, 1.807) is 20.3 Å². The number of azide groups is 1. The summed E-state index contributed by atoms with van der Waals surface area (Å²) in [6.45, 7) is 9.61. The lowest BCUT2D eigenvalue weighted by atomic mass is 9.44. The highest BCUT2D eigenvalue weighted by Crippen LogP contribution is 2.63. The van der Waals surface area contributed by atoms with E-state index in [4.69, 9.17) is 15.0 Å². The molecule has 0 bridgehead atoms. The van der Waals surface area contributed by atoms with Gasteiger partial charge in [0, 0.05) is 29.0 Å². The molecule has 5 atom stereocenters. The van der Waals surface area contributed by atoms with E-state index in [9.17, 15) is 4.79 Å². The molecule has 0 heterocycles. The summed E-state index contributed by atoms with van der Waals surface area (Å²) in [6, 6.07) is 5.43. The van der Waals surface area contributed by atoms with Gasteiger partial charge in [0.1, 0.15) is 11.5 Å².